The van der Waals surface area contributed by atoms with Crippen molar-refractivity contribution >= 4 is 10.8 Å². The van der Waals surface area contributed by atoms with Crippen molar-refractivity contribution < 1.29 is 26.3 Å². The van der Waals surface area contributed by atoms with Crippen molar-refractivity contribution in [2.45, 2.75) is 64.2 Å². The minimum atomic E-state index is -1.50. The van der Waals surface area contributed by atoms with E-state index in [9.17, 15) is 13.2 Å². The van der Waals surface area contributed by atoms with Crippen LogP contribution in [0.3, 0.4) is 0 Å². The summed E-state index contributed by atoms with van der Waals surface area (Å²) in [7, 11) is 0. The average molecular weight is 541 g/mol. The summed E-state index contributed by atoms with van der Waals surface area (Å²) in [6, 6.07) is 13.6. The number of aryl methyl sites for hydroxylation is 2. The zero-order valence-corrected chi connectivity index (χ0v) is 21.8. The molecule has 39 heavy (non-hydrogen) atoms. The van der Waals surface area contributed by atoms with Crippen LogP contribution < -0.4 is 0 Å². The van der Waals surface area contributed by atoms with E-state index in [-0.39, 0.29) is 23.3 Å². The maximum atomic E-state index is 15.6. The second-order valence-corrected chi connectivity index (χ2v) is 10.7. The van der Waals surface area contributed by atoms with Gasteiger partial charge in [0.25, 0.3) is 0 Å². The van der Waals surface area contributed by atoms with Crippen LogP contribution in [-0.4, -0.2) is 0 Å². The fourth-order valence-electron chi connectivity index (χ4n) is 5.98. The predicted octanol–water partition coefficient (Wildman–Crippen LogP) is 10.2. The lowest BCUT2D eigenvalue weighted by Crippen LogP contribution is -2.15. The highest BCUT2D eigenvalue weighted by molar-refractivity contribution is 5.89. The van der Waals surface area contributed by atoms with Crippen LogP contribution in [0.4, 0.5) is 26.3 Å². The lowest BCUT2D eigenvalue weighted by molar-refractivity contribution is 0.303. The highest BCUT2D eigenvalue weighted by atomic mass is 19.2. The lowest BCUT2D eigenvalue weighted by Gasteiger charge is -2.29. The minimum Gasteiger partial charge on any atom is -0.206 e. The second kappa shape index (κ2) is 11.4. The fourth-order valence-corrected chi connectivity index (χ4v) is 5.98. The number of hydrogen-bond donors (Lipinski definition) is 0. The van der Waals surface area contributed by atoms with E-state index < -0.39 is 34.9 Å². The van der Waals surface area contributed by atoms with Crippen molar-refractivity contribution in [2.75, 3.05) is 0 Å². The van der Waals surface area contributed by atoms with Gasteiger partial charge >= 0.3 is 0 Å². The molecule has 0 atom stereocenters. The van der Waals surface area contributed by atoms with Gasteiger partial charge in [-0.15, -0.1) is 0 Å². The molecular formula is C33H30F6. The van der Waals surface area contributed by atoms with Gasteiger partial charge in [0.2, 0.25) is 0 Å². The molecule has 0 aliphatic heterocycles. The number of fused-ring (bicyclic) bond motifs is 1. The largest absolute Gasteiger partial charge is 0.206 e. The summed E-state index contributed by atoms with van der Waals surface area (Å²) >= 11 is 0. The predicted molar refractivity (Wildman–Crippen MR) is 143 cm³/mol. The summed E-state index contributed by atoms with van der Waals surface area (Å²) in [4.78, 5) is 0. The van der Waals surface area contributed by atoms with Crippen LogP contribution in [0.2, 0.25) is 0 Å². The maximum Gasteiger partial charge on any atom is 0.194 e. The van der Waals surface area contributed by atoms with Gasteiger partial charge in [-0.05, 0) is 96.2 Å². The fraction of sp³-hybridized carbons (Fsp3) is 0.333. The maximum absolute atomic E-state index is 15.6. The van der Waals surface area contributed by atoms with Crippen molar-refractivity contribution in [3.05, 3.63) is 106 Å². The third-order valence-corrected chi connectivity index (χ3v) is 8.15. The van der Waals surface area contributed by atoms with E-state index in [0.717, 1.165) is 56.2 Å². The molecule has 204 valence electrons. The van der Waals surface area contributed by atoms with E-state index in [2.05, 4.69) is 6.92 Å². The van der Waals surface area contributed by atoms with Crippen molar-refractivity contribution in [1.82, 2.24) is 0 Å². The minimum absolute atomic E-state index is 0.0600. The third-order valence-electron chi connectivity index (χ3n) is 8.15. The van der Waals surface area contributed by atoms with Crippen LogP contribution in [0.1, 0.15) is 68.1 Å². The molecule has 0 radical (unpaired) electrons. The smallest absolute Gasteiger partial charge is 0.194 e. The molecule has 0 heterocycles. The van der Waals surface area contributed by atoms with Crippen LogP contribution >= 0.6 is 0 Å². The molecule has 0 saturated heterocycles. The van der Waals surface area contributed by atoms with Gasteiger partial charge in [0.1, 0.15) is 5.82 Å². The van der Waals surface area contributed by atoms with Gasteiger partial charge in [-0.25, -0.2) is 26.3 Å². The Balaban J connectivity index is 1.36. The molecule has 4 aromatic carbocycles. The quantitative estimate of drug-likeness (QED) is 0.162. The molecule has 1 aliphatic carbocycles. The summed E-state index contributed by atoms with van der Waals surface area (Å²) < 4.78 is 86.2. The molecule has 5 rings (SSSR count). The molecular weight excluding hydrogens is 510 g/mol. The van der Waals surface area contributed by atoms with Gasteiger partial charge in [0.15, 0.2) is 29.1 Å². The zero-order valence-electron chi connectivity index (χ0n) is 21.8. The Bertz CT molecular complexity index is 1460. The Morgan fingerprint density at radius 3 is 1.92 bits per heavy atom. The molecule has 0 spiro atoms. The Kier molecular flexibility index (Phi) is 8.01. The first-order chi connectivity index (χ1) is 18.8. The molecule has 4 aromatic rings. The van der Waals surface area contributed by atoms with E-state index in [4.69, 9.17) is 0 Å². The molecule has 1 aliphatic rings. The molecule has 1 fully saturated rings. The molecule has 1 saturated carbocycles. The zero-order chi connectivity index (χ0) is 27.7. The van der Waals surface area contributed by atoms with Crippen LogP contribution in [0.5, 0.6) is 0 Å². The lowest BCUT2D eigenvalue weighted by atomic mass is 9.76. The SMILES string of the molecule is CCCC1CCC(c2cc3ccc(-c4ccc(CCc5cc(F)c(F)c(F)c5)cc4)c(F)c3c(F)c2F)CC1. The molecule has 6 heteroatoms. The number of halogens is 6. The summed E-state index contributed by atoms with van der Waals surface area (Å²) in [6.07, 6.45) is 6.60. The molecule has 0 bridgehead atoms. The summed E-state index contributed by atoms with van der Waals surface area (Å²) in [6.45, 7) is 2.16. The third kappa shape index (κ3) is 5.57. The van der Waals surface area contributed by atoms with Gasteiger partial charge < -0.3 is 0 Å². The van der Waals surface area contributed by atoms with Crippen molar-refractivity contribution in [3.8, 4) is 11.1 Å². The standard InChI is InChI=1S/C33H30F6/c1-2-3-19-6-12-23(13-7-19)26-18-24-14-15-25(30(36)29(24)33(39)31(26)37)22-10-8-20(9-11-22)4-5-21-16-27(34)32(38)28(35)17-21/h8-11,14-19,23H,2-7,12-13H2,1H3. The molecule has 0 nitrogen and oxygen atoms in total. The van der Waals surface area contributed by atoms with Gasteiger partial charge in [0, 0.05) is 5.56 Å². The first-order valence-electron chi connectivity index (χ1n) is 13.6. The van der Waals surface area contributed by atoms with Crippen LogP contribution in [0.25, 0.3) is 21.9 Å². The van der Waals surface area contributed by atoms with E-state index in [1.54, 1.807) is 42.5 Å². The average Bonchev–Trinajstić information content (AvgIpc) is 2.93. The van der Waals surface area contributed by atoms with E-state index in [1.807, 2.05) is 0 Å². The highest BCUT2D eigenvalue weighted by Gasteiger charge is 2.27. The summed E-state index contributed by atoms with van der Waals surface area (Å²) in [5, 5.41) is -0.00549. The summed E-state index contributed by atoms with van der Waals surface area (Å²) in [5.41, 5.74) is 2.13. The van der Waals surface area contributed by atoms with Gasteiger partial charge in [-0.1, -0.05) is 56.2 Å². The topological polar surface area (TPSA) is 0 Å². The Morgan fingerprint density at radius 1 is 0.641 bits per heavy atom. The first kappa shape index (κ1) is 27.3. The van der Waals surface area contributed by atoms with E-state index >= 15 is 13.2 Å². The Labute approximate surface area is 224 Å². The van der Waals surface area contributed by atoms with Gasteiger partial charge in [-0.3, -0.25) is 0 Å². The highest BCUT2D eigenvalue weighted by Crippen LogP contribution is 2.41. The first-order valence-corrected chi connectivity index (χ1v) is 13.6. The number of rotatable bonds is 7. The van der Waals surface area contributed by atoms with Crippen LogP contribution in [0, 0.1) is 40.8 Å². The Hall–Kier alpha value is -3.28. The van der Waals surface area contributed by atoms with Crippen LogP contribution in [-0.2, 0) is 12.8 Å². The molecule has 0 aromatic heterocycles. The van der Waals surface area contributed by atoms with E-state index in [1.165, 1.54) is 0 Å². The number of benzene rings is 4. The molecule has 0 unspecified atom stereocenters. The Morgan fingerprint density at radius 2 is 1.28 bits per heavy atom. The molecule has 0 N–H and O–H groups in total. The molecule has 0 amide bonds. The van der Waals surface area contributed by atoms with E-state index in [0.29, 0.717) is 34.4 Å². The van der Waals surface area contributed by atoms with Crippen molar-refractivity contribution in [2.24, 2.45) is 5.92 Å². The normalized spacial score (nSPS) is 17.6. The van der Waals surface area contributed by atoms with Crippen LogP contribution in [0.15, 0.2) is 54.6 Å². The van der Waals surface area contributed by atoms with Crippen molar-refractivity contribution in [3.63, 3.8) is 0 Å². The van der Waals surface area contributed by atoms with Crippen molar-refractivity contribution in [1.29, 1.82) is 0 Å². The monoisotopic (exact) mass is 540 g/mol. The van der Waals surface area contributed by atoms with Gasteiger partial charge in [0.05, 0.1) is 5.39 Å². The summed E-state index contributed by atoms with van der Waals surface area (Å²) in [5.74, 6) is -6.30. The second-order valence-electron chi connectivity index (χ2n) is 10.7. The number of hydrogen-bond acceptors (Lipinski definition) is 0. The van der Waals surface area contributed by atoms with Gasteiger partial charge in [-0.2, -0.15) is 0 Å².